The van der Waals surface area contributed by atoms with Crippen LogP contribution in [0.5, 0.6) is 0 Å². The van der Waals surface area contributed by atoms with Crippen LogP contribution < -0.4 is 5.43 Å². The van der Waals surface area contributed by atoms with Gasteiger partial charge in [0.15, 0.2) is 0 Å². The van der Waals surface area contributed by atoms with Gasteiger partial charge in [0.25, 0.3) is 0 Å². The molecule has 0 atom stereocenters. The molecule has 0 unspecified atom stereocenters. The molecular formula is C11H18N2. The van der Waals surface area contributed by atoms with Gasteiger partial charge in [0.05, 0.1) is 0 Å². The van der Waals surface area contributed by atoms with Crippen LogP contribution in [0.1, 0.15) is 19.3 Å². The second-order valence-electron chi connectivity index (χ2n) is 3.13. The van der Waals surface area contributed by atoms with Crippen LogP contribution in [-0.2, 0) is 0 Å². The average molecular weight is 178 g/mol. The van der Waals surface area contributed by atoms with Crippen LogP contribution in [0.15, 0.2) is 37.1 Å². The van der Waals surface area contributed by atoms with Crippen molar-refractivity contribution in [3.05, 3.63) is 37.1 Å². The zero-order chi connectivity index (χ0) is 9.36. The first-order valence-corrected chi connectivity index (χ1v) is 4.85. The Bertz CT molecular complexity index is 186. The minimum absolute atomic E-state index is 0.987. The number of unbranched alkanes of at least 4 members (excludes halogenated alkanes) is 2. The number of nitrogens with one attached hydrogen (secondary N) is 1. The van der Waals surface area contributed by atoms with Crippen LogP contribution in [0.2, 0.25) is 0 Å². The first-order chi connectivity index (χ1) is 6.43. The summed E-state index contributed by atoms with van der Waals surface area (Å²) in [5.74, 6) is 0. The zero-order valence-electron chi connectivity index (χ0n) is 8.08. The van der Waals surface area contributed by atoms with Gasteiger partial charge in [0.1, 0.15) is 0 Å². The summed E-state index contributed by atoms with van der Waals surface area (Å²) >= 11 is 0. The summed E-state index contributed by atoms with van der Waals surface area (Å²) in [4.78, 5) is 0. The van der Waals surface area contributed by atoms with E-state index in [1.54, 1.807) is 0 Å². The molecular weight excluding hydrogens is 160 g/mol. The third-order valence-electron chi connectivity index (χ3n) is 1.97. The highest BCUT2D eigenvalue weighted by Gasteiger charge is 2.00. The average Bonchev–Trinajstić information content (AvgIpc) is 2.63. The van der Waals surface area contributed by atoms with Gasteiger partial charge in [-0.15, -0.1) is 6.58 Å². The second kappa shape index (κ2) is 6.49. The van der Waals surface area contributed by atoms with Crippen molar-refractivity contribution >= 4 is 0 Å². The van der Waals surface area contributed by atoms with Gasteiger partial charge >= 0.3 is 0 Å². The molecule has 1 N–H and O–H groups in total. The van der Waals surface area contributed by atoms with E-state index in [4.69, 9.17) is 0 Å². The van der Waals surface area contributed by atoms with Crippen LogP contribution in [0.25, 0.3) is 0 Å². The molecule has 13 heavy (non-hydrogen) atoms. The highest BCUT2D eigenvalue weighted by atomic mass is 15.5. The van der Waals surface area contributed by atoms with Gasteiger partial charge in [-0.2, -0.15) is 0 Å². The van der Waals surface area contributed by atoms with E-state index in [9.17, 15) is 0 Å². The Hall–Kier alpha value is -1.02. The van der Waals surface area contributed by atoms with Gasteiger partial charge in [0.2, 0.25) is 0 Å². The molecule has 0 aromatic rings. The molecule has 0 aliphatic carbocycles. The first kappa shape index (κ1) is 10.1. The van der Waals surface area contributed by atoms with Gasteiger partial charge in [-0.05, 0) is 19.3 Å². The van der Waals surface area contributed by atoms with Crippen LogP contribution in [0.4, 0.5) is 0 Å². The number of allylic oxidation sites excluding steroid dienone is 2. The maximum Gasteiger partial charge on any atom is 0.0380 e. The third-order valence-corrected chi connectivity index (χ3v) is 1.97. The van der Waals surface area contributed by atoms with E-state index in [1.807, 2.05) is 12.3 Å². The number of hydrogen-bond donors (Lipinski definition) is 1. The Balaban J connectivity index is 1.95. The standard InChI is InChI=1S/C11H18N2/c1-2-3-4-5-6-7-10-13-11-8-9-12-13/h2,6-9,12H,1,3-5,10-11H2. The minimum Gasteiger partial charge on any atom is -0.326 e. The molecule has 2 nitrogen and oxygen atoms in total. The van der Waals surface area contributed by atoms with Gasteiger partial charge in [-0.3, -0.25) is 0 Å². The highest BCUT2D eigenvalue weighted by molar-refractivity contribution is 4.93. The summed E-state index contributed by atoms with van der Waals surface area (Å²) < 4.78 is 0. The van der Waals surface area contributed by atoms with E-state index >= 15 is 0 Å². The van der Waals surface area contributed by atoms with Crippen LogP contribution >= 0.6 is 0 Å². The number of nitrogens with zero attached hydrogens (tertiary/aromatic N) is 1. The van der Waals surface area contributed by atoms with Crippen molar-refractivity contribution in [3.8, 4) is 0 Å². The van der Waals surface area contributed by atoms with Crippen molar-refractivity contribution < 1.29 is 0 Å². The van der Waals surface area contributed by atoms with Crippen molar-refractivity contribution in [1.29, 1.82) is 0 Å². The number of hydrogen-bond acceptors (Lipinski definition) is 2. The normalized spacial score (nSPS) is 16.6. The smallest absolute Gasteiger partial charge is 0.0380 e. The predicted octanol–water partition coefficient (Wildman–Crippen LogP) is 2.23. The molecule has 1 aliphatic heterocycles. The molecule has 0 amide bonds. The molecule has 1 aliphatic rings. The summed E-state index contributed by atoms with van der Waals surface area (Å²) in [7, 11) is 0. The number of rotatable bonds is 6. The molecule has 0 spiro atoms. The van der Waals surface area contributed by atoms with Crippen molar-refractivity contribution in [2.24, 2.45) is 0 Å². The lowest BCUT2D eigenvalue weighted by Crippen LogP contribution is -2.29. The Morgan fingerprint density at radius 1 is 1.38 bits per heavy atom. The van der Waals surface area contributed by atoms with Crippen molar-refractivity contribution in [1.82, 2.24) is 10.4 Å². The fourth-order valence-corrected chi connectivity index (χ4v) is 1.22. The molecule has 0 aromatic carbocycles. The summed E-state index contributed by atoms with van der Waals surface area (Å²) in [6.45, 7) is 5.69. The van der Waals surface area contributed by atoms with Gasteiger partial charge in [-0.25, -0.2) is 5.01 Å². The summed E-state index contributed by atoms with van der Waals surface area (Å²) in [5.41, 5.74) is 3.14. The lowest BCUT2D eigenvalue weighted by atomic mass is 10.2. The summed E-state index contributed by atoms with van der Waals surface area (Å²) in [6.07, 6.45) is 14.0. The van der Waals surface area contributed by atoms with E-state index in [0.717, 1.165) is 25.9 Å². The molecule has 72 valence electrons. The van der Waals surface area contributed by atoms with Crippen LogP contribution in [-0.4, -0.2) is 18.1 Å². The van der Waals surface area contributed by atoms with E-state index < -0.39 is 0 Å². The molecule has 1 rings (SSSR count). The van der Waals surface area contributed by atoms with Crippen LogP contribution in [0, 0.1) is 0 Å². The lowest BCUT2D eigenvalue weighted by Gasteiger charge is -2.12. The van der Waals surface area contributed by atoms with Crippen molar-refractivity contribution in [3.63, 3.8) is 0 Å². The predicted molar refractivity (Wildman–Crippen MR) is 57.0 cm³/mol. The summed E-state index contributed by atoms with van der Waals surface area (Å²) in [5, 5.41) is 2.16. The Morgan fingerprint density at radius 2 is 2.31 bits per heavy atom. The fraction of sp³-hybridized carbons (Fsp3) is 0.455. The fourth-order valence-electron chi connectivity index (χ4n) is 1.22. The lowest BCUT2D eigenvalue weighted by molar-refractivity contribution is 0.297. The quantitative estimate of drug-likeness (QED) is 0.495. The minimum atomic E-state index is 0.987. The van der Waals surface area contributed by atoms with E-state index in [2.05, 4.69) is 35.2 Å². The molecule has 0 saturated carbocycles. The molecule has 2 heteroatoms. The Morgan fingerprint density at radius 3 is 3.00 bits per heavy atom. The number of hydrazine groups is 1. The zero-order valence-corrected chi connectivity index (χ0v) is 8.08. The molecule has 0 fully saturated rings. The second-order valence-corrected chi connectivity index (χ2v) is 3.13. The highest BCUT2D eigenvalue weighted by Crippen LogP contribution is 1.98. The molecule has 1 heterocycles. The van der Waals surface area contributed by atoms with E-state index in [1.165, 1.54) is 6.42 Å². The SMILES string of the molecule is C=CCCCC=CCN1CC=CN1. The summed E-state index contributed by atoms with van der Waals surface area (Å²) in [6, 6.07) is 0. The maximum absolute atomic E-state index is 3.69. The van der Waals surface area contributed by atoms with Gasteiger partial charge in [-0.1, -0.05) is 24.3 Å². The first-order valence-electron chi connectivity index (χ1n) is 4.85. The molecule has 0 saturated heterocycles. The topological polar surface area (TPSA) is 15.3 Å². The van der Waals surface area contributed by atoms with Gasteiger partial charge < -0.3 is 5.43 Å². The third kappa shape index (κ3) is 4.53. The molecule has 0 bridgehead atoms. The van der Waals surface area contributed by atoms with Gasteiger partial charge in [0, 0.05) is 19.3 Å². The van der Waals surface area contributed by atoms with E-state index in [0.29, 0.717) is 0 Å². The van der Waals surface area contributed by atoms with Crippen molar-refractivity contribution in [2.45, 2.75) is 19.3 Å². The Labute approximate surface area is 80.6 Å². The largest absolute Gasteiger partial charge is 0.326 e. The van der Waals surface area contributed by atoms with E-state index in [-0.39, 0.29) is 0 Å². The monoisotopic (exact) mass is 178 g/mol. The maximum atomic E-state index is 3.69. The Kier molecular flexibility index (Phi) is 5.02. The van der Waals surface area contributed by atoms with Crippen molar-refractivity contribution in [2.75, 3.05) is 13.1 Å². The van der Waals surface area contributed by atoms with Crippen LogP contribution in [0.3, 0.4) is 0 Å². The molecule has 0 radical (unpaired) electrons. The molecule has 0 aromatic heterocycles.